The Bertz CT molecular complexity index is 1080. The van der Waals surface area contributed by atoms with Gasteiger partial charge in [-0.05, 0) is 68.7 Å². The quantitative estimate of drug-likeness (QED) is 0.539. The molecule has 0 aromatic heterocycles. The van der Waals surface area contributed by atoms with E-state index in [-0.39, 0.29) is 16.0 Å². The van der Waals surface area contributed by atoms with Crippen molar-refractivity contribution in [3.05, 3.63) is 53.6 Å². The van der Waals surface area contributed by atoms with E-state index in [0.29, 0.717) is 37.8 Å². The Labute approximate surface area is 194 Å². The zero-order valence-electron chi connectivity index (χ0n) is 18.8. The van der Waals surface area contributed by atoms with Crippen molar-refractivity contribution >= 4 is 21.8 Å². The van der Waals surface area contributed by atoms with Gasteiger partial charge < -0.3 is 9.47 Å². The average molecular weight is 476 g/mol. The summed E-state index contributed by atoms with van der Waals surface area (Å²) in [5.74, 6) is -0.107. The van der Waals surface area contributed by atoms with Crippen LogP contribution in [0.25, 0.3) is 0 Å². The largest absolute Gasteiger partial charge is 0.490 e. The molecule has 1 heterocycles. The molecule has 1 aliphatic heterocycles. The summed E-state index contributed by atoms with van der Waals surface area (Å²) < 4.78 is 37.8. The van der Waals surface area contributed by atoms with E-state index in [0.717, 1.165) is 19.3 Å². The molecule has 0 unspecified atom stereocenters. The lowest BCUT2D eigenvalue weighted by atomic mass is 10.2. The van der Waals surface area contributed by atoms with Crippen LogP contribution in [0.5, 0.6) is 11.5 Å². The molecule has 2 aromatic carbocycles. The van der Waals surface area contributed by atoms with Crippen molar-refractivity contribution in [1.82, 2.24) is 15.2 Å². The number of nitrogens with one attached hydrogen (secondary N) is 2. The molecule has 0 radical (unpaired) electrons. The fourth-order valence-corrected chi connectivity index (χ4v) is 4.88. The number of ether oxygens (including phenoxy) is 2. The Kier molecular flexibility index (Phi) is 8.29. The predicted octanol–water partition coefficient (Wildman–Crippen LogP) is 2.73. The predicted molar refractivity (Wildman–Crippen MR) is 123 cm³/mol. The zero-order chi connectivity index (χ0) is 23.8. The van der Waals surface area contributed by atoms with Crippen molar-refractivity contribution < 1.29 is 27.5 Å². The van der Waals surface area contributed by atoms with Crippen LogP contribution in [0, 0.1) is 0 Å². The Morgan fingerprint density at radius 2 is 1.48 bits per heavy atom. The molecule has 178 valence electrons. The van der Waals surface area contributed by atoms with Gasteiger partial charge in [-0.1, -0.05) is 6.92 Å². The fourth-order valence-electron chi connectivity index (χ4n) is 3.36. The first-order valence-corrected chi connectivity index (χ1v) is 12.4. The van der Waals surface area contributed by atoms with Crippen LogP contribution in [-0.2, 0) is 10.0 Å². The first-order valence-electron chi connectivity index (χ1n) is 11.0. The molecule has 10 heteroatoms. The van der Waals surface area contributed by atoms with Crippen LogP contribution in [0.1, 0.15) is 53.8 Å². The van der Waals surface area contributed by atoms with E-state index in [1.54, 1.807) is 18.2 Å². The first-order chi connectivity index (χ1) is 15.9. The number of benzene rings is 2. The lowest BCUT2D eigenvalue weighted by Gasteiger charge is -2.15. The number of hydrazine groups is 1. The third-order valence-electron chi connectivity index (χ3n) is 5.08. The summed E-state index contributed by atoms with van der Waals surface area (Å²) in [6, 6.07) is 10.4. The van der Waals surface area contributed by atoms with Gasteiger partial charge in [0.05, 0.1) is 18.1 Å². The summed E-state index contributed by atoms with van der Waals surface area (Å²) in [7, 11) is -3.55. The molecule has 33 heavy (non-hydrogen) atoms. The second-order valence-electron chi connectivity index (χ2n) is 7.49. The Morgan fingerprint density at radius 3 is 2.09 bits per heavy atom. The number of carbonyl (C=O) groups is 2. The van der Waals surface area contributed by atoms with E-state index in [1.165, 1.54) is 28.6 Å². The van der Waals surface area contributed by atoms with Crippen molar-refractivity contribution in [3.8, 4) is 11.5 Å². The second-order valence-corrected chi connectivity index (χ2v) is 9.42. The molecule has 2 aromatic rings. The Balaban J connectivity index is 1.62. The van der Waals surface area contributed by atoms with Gasteiger partial charge in [0.15, 0.2) is 11.5 Å². The second kappa shape index (κ2) is 11.2. The molecule has 0 saturated carbocycles. The van der Waals surface area contributed by atoms with E-state index in [4.69, 9.17) is 9.47 Å². The molecule has 1 aliphatic rings. The van der Waals surface area contributed by atoms with Crippen molar-refractivity contribution in [1.29, 1.82) is 0 Å². The summed E-state index contributed by atoms with van der Waals surface area (Å²) in [5.41, 5.74) is 5.20. The average Bonchev–Trinajstić information content (AvgIpc) is 3.38. The first kappa shape index (κ1) is 24.5. The SMILES string of the molecule is CCCOc1ccc(C(=O)NNC(=O)c2ccc(S(=O)(=O)N3CCCC3)cc2)cc1OCC. The normalized spacial score (nSPS) is 14.0. The van der Waals surface area contributed by atoms with Crippen LogP contribution in [-0.4, -0.2) is 50.8 Å². The summed E-state index contributed by atoms with van der Waals surface area (Å²) in [4.78, 5) is 25.0. The van der Waals surface area contributed by atoms with Crippen molar-refractivity contribution in [2.24, 2.45) is 0 Å². The van der Waals surface area contributed by atoms with Gasteiger partial charge >= 0.3 is 0 Å². The lowest BCUT2D eigenvalue weighted by Crippen LogP contribution is -2.41. The summed E-state index contributed by atoms with van der Waals surface area (Å²) in [6.07, 6.45) is 2.53. The van der Waals surface area contributed by atoms with Gasteiger partial charge in [-0.3, -0.25) is 20.4 Å². The number of hydrogen-bond donors (Lipinski definition) is 2. The van der Waals surface area contributed by atoms with Gasteiger partial charge in [0.2, 0.25) is 10.0 Å². The minimum absolute atomic E-state index is 0.138. The van der Waals surface area contributed by atoms with Crippen LogP contribution in [0.4, 0.5) is 0 Å². The molecule has 1 saturated heterocycles. The van der Waals surface area contributed by atoms with Gasteiger partial charge in [-0.2, -0.15) is 4.31 Å². The van der Waals surface area contributed by atoms with Crippen LogP contribution >= 0.6 is 0 Å². The van der Waals surface area contributed by atoms with E-state index in [1.807, 2.05) is 13.8 Å². The number of sulfonamides is 1. The monoisotopic (exact) mass is 475 g/mol. The van der Waals surface area contributed by atoms with Crippen LogP contribution in [0.3, 0.4) is 0 Å². The van der Waals surface area contributed by atoms with Gasteiger partial charge in [0, 0.05) is 24.2 Å². The number of nitrogens with zero attached hydrogens (tertiary/aromatic N) is 1. The highest BCUT2D eigenvalue weighted by Crippen LogP contribution is 2.28. The van der Waals surface area contributed by atoms with Crippen molar-refractivity contribution in [3.63, 3.8) is 0 Å². The summed E-state index contributed by atoms with van der Waals surface area (Å²) >= 11 is 0. The van der Waals surface area contributed by atoms with Gasteiger partial charge in [-0.25, -0.2) is 8.42 Å². The molecular formula is C23H29N3O6S. The van der Waals surface area contributed by atoms with E-state index < -0.39 is 21.8 Å². The van der Waals surface area contributed by atoms with Crippen LogP contribution in [0.2, 0.25) is 0 Å². The minimum Gasteiger partial charge on any atom is -0.490 e. The highest BCUT2D eigenvalue weighted by molar-refractivity contribution is 7.89. The zero-order valence-corrected chi connectivity index (χ0v) is 19.6. The van der Waals surface area contributed by atoms with Gasteiger partial charge in [-0.15, -0.1) is 0 Å². The molecule has 1 fully saturated rings. The van der Waals surface area contributed by atoms with Gasteiger partial charge in [0.1, 0.15) is 0 Å². The maximum Gasteiger partial charge on any atom is 0.269 e. The highest BCUT2D eigenvalue weighted by Gasteiger charge is 2.27. The molecule has 0 bridgehead atoms. The molecule has 3 rings (SSSR count). The molecule has 0 aliphatic carbocycles. The van der Waals surface area contributed by atoms with Crippen molar-refractivity contribution in [2.45, 2.75) is 38.0 Å². The Hall–Kier alpha value is -3.11. The molecule has 0 spiro atoms. The molecule has 0 atom stereocenters. The molecule has 2 N–H and O–H groups in total. The maximum absolute atomic E-state index is 12.6. The topological polar surface area (TPSA) is 114 Å². The van der Waals surface area contributed by atoms with Crippen LogP contribution in [0.15, 0.2) is 47.4 Å². The number of carbonyl (C=O) groups excluding carboxylic acids is 2. The maximum atomic E-state index is 12.6. The Morgan fingerprint density at radius 1 is 0.879 bits per heavy atom. The van der Waals surface area contributed by atoms with E-state index >= 15 is 0 Å². The highest BCUT2D eigenvalue weighted by atomic mass is 32.2. The number of rotatable bonds is 9. The molecule has 9 nitrogen and oxygen atoms in total. The number of amides is 2. The standard InChI is InChI=1S/C23H29N3O6S/c1-3-15-32-20-12-9-18(16-21(20)31-4-2)23(28)25-24-22(27)17-7-10-19(11-8-17)33(29,30)26-13-5-6-14-26/h7-12,16H,3-6,13-15H2,1-2H3,(H,24,27)(H,25,28). The van der Waals surface area contributed by atoms with Crippen molar-refractivity contribution in [2.75, 3.05) is 26.3 Å². The fraction of sp³-hybridized carbons (Fsp3) is 0.391. The van der Waals surface area contributed by atoms with E-state index in [2.05, 4.69) is 10.9 Å². The lowest BCUT2D eigenvalue weighted by molar-refractivity contribution is 0.0846. The van der Waals surface area contributed by atoms with Gasteiger partial charge in [0.25, 0.3) is 11.8 Å². The third-order valence-corrected chi connectivity index (χ3v) is 6.99. The minimum atomic E-state index is -3.55. The number of hydrogen-bond acceptors (Lipinski definition) is 6. The third kappa shape index (κ3) is 6.02. The van der Waals surface area contributed by atoms with E-state index in [9.17, 15) is 18.0 Å². The molecule has 2 amide bonds. The summed E-state index contributed by atoms with van der Waals surface area (Å²) in [5, 5.41) is 0. The smallest absolute Gasteiger partial charge is 0.269 e. The molecular weight excluding hydrogens is 446 g/mol. The summed E-state index contributed by atoms with van der Waals surface area (Å²) in [6.45, 7) is 5.78. The van der Waals surface area contributed by atoms with Crippen LogP contribution < -0.4 is 20.3 Å².